The second-order valence-corrected chi connectivity index (χ2v) is 8.62. The fraction of sp³-hybridized carbons (Fsp3) is 0.947. The van der Waals surface area contributed by atoms with Crippen molar-refractivity contribution in [1.82, 2.24) is 5.32 Å². The molecule has 0 fully saturated rings. The van der Waals surface area contributed by atoms with Crippen molar-refractivity contribution < 1.29 is 4.79 Å². The van der Waals surface area contributed by atoms with Crippen LogP contribution >= 0.6 is 0 Å². The van der Waals surface area contributed by atoms with Crippen LogP contribution in [0.4, 0.5) is 0 Å². The van der Waals surface area contributed by atoms with E-state index in [1.54, 1.807) is 0 Å². The smallest absolute Gasteiger partial charge is 0.155 e. The summed E-state index contributed by atoms with van der Waals surface area (Å²) in [4.78, 5) is 12.7. The molecule has 21 heavy (non-hydrogen) atoms. The summed E-state index contributed by atoms with van der Waals surface area (Å²) >= 11 is 0. The summed E-state index contributed by atoms with van der Waals surface area (Å²) < 4.78 is 0. The number of Topliss-reactive ketones (excluding diaryl/α,β-unsaturated/α-hetero) is 1. The van der Waals surface area contributed by atoms with Gasteiger partial charge in [0.15, 0.2) is 5.78 Å². The molecule has 0 aromatic heterocycles. The summed E-state index contributed by atoms with van der Waals surface area (Å²) in [6, 6.07) is -0.0348. The molecule has 0 amide bonds. The maximum absolute atomic E-state index is 12.7. The van der Waals surface area contributed by atoms with Gasteiger partial charge in [-0.15, -0.1) is 0 Å². The zero-order valence-electron chi connectivity index (χ0n) is 15.3. The number of carbonyl (C=O) groups is 1. The first kappa shape index (κ1) is 22.9. The molecule has 0 aliphatic heterocycles. The predicted molar refractivity (Wildman–Crippen MR) is 95.8 cm³/mol. The summed E-state index contributed by atoms with van der Waals surface area (Å²) in [5, 5.41) is 3.53. The molecule has 1 N–H and O–H groups in total. The zero-order valence-corrected chi connectivity index (χ0v) is 15.3. The molecule has 0 radical (unpaired) electrons. The van der Waals surface area contributed by atoms with Crippen LogP contribution in [0.2, 0.25) is 0 Å². The van der Waals surface area contributed by atoms with Crippen molar-refractivity contribution in [3.8, 4) is 0 Å². The first-order valence-electron chi connectivity index (χ1n) is 8.16. The van der Waals surface area contributed by atoms with Crippen molar-refractivity contribution in [3.05, 3.63) is 0 Å². The molecule has 0 spiro atoms. The van der Waals surface area contributed by atoms with E-state index < -0.39 is 0 Å². The predicted octanol–water partition coefficient (Wildman–Crippen LogP) is 5.60. The summed E-state index contributed by atoms with van der Waals surface area (Å²) in [5.74, 6) is 0.335. The van der Waals surface area contributed by atoms with Gasteiger partial charge in [-0.2, -0.15) is 0 Å². The lowest BCUT2D eigenvalue weighted by molar-refractivity contribution is -0.129. The zero-order chi connectivity index (χ0) is 16.2. The van der Waals surface area contributed by atoms with E-state index in [2.05, 4.69) is 46.9 Å². The van der Waals surface area contributed by atoms with E-state index in [1.165, 1.54) is 12.8 Å². The third-order valence-electron chi connectivity index (χ3n) is 4.41. The van der Waals surface area contributed by atoms with Crippen molar-refractivity contribution in [2.45, 2.75) is 107 Å². The fourth-order valence-electron chi connectivity index (χ4n) is 2.41. The fourth-order valence-corrected chi connectivity index (χ4v) is 2.41. The van der Waals surface area contributed by atoms with Crippen LogP contribution < -0.4 is 5.32 Å². The lowest BCUT2D eigenvalue weighted by Gasteiger charge is -2.34. The monoisotopic (exact) mass is 299 g/mol. The summed E-state index contributed by atoms with van der Waals surface area (Å²) in [5.41, 5.74) is 0.0497. The molecule has 0 aliphatic rings. The third kappa shape index (κ3) is 8.60. The van der Waals surface area contributed by atoms with Crippen LogP contribution in [-0.4, -0.2) is 17.4 Å². The lowest BCUT2D eigenvalue weighted by Crippen LogP contribution is -2.51. The van der Waals surface area contributed by atoms with Crippen LogP contribution in [0.15, 0.2) is 0 Å². The molecule has 1 atom stereocenters. The van der Waals surface area contributed by atoms with Crippen LogP contribution in [0.1, 0.15) is 95.4 Å². The Labute approximate surface area is 134 Å². The highest BCUT2D eigenvalue weighted by molar-refractivity contribution is 5.88. The number of hydrogen-bond acceptors (Lipinski definition) is 2. The Morgan fingerprint density at radius 2 is 1.38 bits per heavy atom. The maximum atomic E-state index is 12.7. The maximum Gasteiger partial charge on any atom is 0.155 e. The van der Waals surface area contributed by atoms with Gasteiger partial charge in [-0.25, -0.2) is 0 Å². The van der Waals surface area contributed by atoms with Crippen molar-refractivity contribution in [2.24, 2.45) is 10.8 Å². The second-order valence-electron chi connectivity index (χ2n) is 8.62. The molecule has 2 heteroatoms. The highest BCUT2D eigenvalue weighted by atomic mass is 16.1. The molecule has 0 saturated heterocycles. The van der Waals surface area contributed by atoms with Gasteiger partial charge in [-0.3, -0.25) is 4.79 Å². The molecule has 0 aliphatic carbocycles. The van der Waals surface area contributed by atoms with E-state index in [0.29, 0.717) is 11.2 Å². The second kappa shape index (κ2) is 8.31. The van der Waals surface area contributed by atoms with Gasteiger partial charge < -0.3 is 5.32 Å². The van der Waals surface area contributed by atoms with Crippen LogP contribution in [0.25, 0.3) is 0 Å². The third-order valence-corrected chi connectivity index (χ3v) is 4.41. The van der Waals surface area contributed by atoms with Gasteiger partial charge in [-0.05, 0) is 39.0 Å². The van der Waals surface area contributed by atoms with Crippen LogP contribution in [0, 0.1) is 10.8 Å². The van der Waals surface area contributed by atoms with Crippen LogP contribution in [0.3, 0.4) is 0 Å². The Kier molecular flexibility index (Phi) is 9.07. The van der Waals surface area contributed by atoms with E-state index in [4.69, 9.17) is 0 Å². The number of ketones is 1. The number of nitrogens with one attached hydrogen (secondary N) is 1. The summed E-state index contributed by atoms with van der Waals surface area (Å²) in [7, 11) is 0. The van der Waals surface area contributed by atoms with Crippen molar-refractivity contribution in [3.63, 3.8) is 0 Å². The first-order chi connectivity index (χ1) is 8.84. The van der Waals surface area contributed by atoms with Crippen LogP contribution in [0.5, 0.6) is 0 Å². The van der Waals surface area contributed by atoms with E-state index in [9.17, 15) is 4.79 Å². The molecular weight excluding hydrogens is 258 g/mol. The van der Waals surface area contributed by atoms with Gasteiger partial charge in [0.05, 0.1) is 6.04 Å². The largest absolute Gasteiger partial charge is 0.303 e. The molecule has 0 aromatic carbocycles. The van der Waals surface area contributed by atoms with Gasteiger partial charge in [0.1, 0.15) is 0 Å². The van der Waals surface area contributed by atoms with E-state index in [0.717, 1.165) is 12.8 Å². The summed E-state index contributed by atoms with van der Waals surface area (Å²) in [6.45, 7) is 19.3. The van der Waals surface area contributed by atoms with Gasteiger partial charge in [0, 0.05) is 11.0 Å². The SMILES string of the molecule is C.CCC(C)(CC)CCC(NC(C)(C)C)C(=O)C(C)(C)C. The molecule has 0 saturated carbocycles. The Morgan fingerprint density at radius 1 is 0.952 bits per heavy atom. The minimum atomic E-state index is -0.280. The number of carbonyl (C=O) groups excluding carboxylic acids is 1. The number of rotatable bonds is 7. The van der Waals surface area contributed by atoms with E-state index >= 15 is 0 Å². The Morgan fingerprint density at radius 3 is 1.67 bits per heavy atom. The molecule has 0 heterocycles. The quantitative estimate of drug-likeness (QED) is 0.663. The highest BCUT2D eigenvalue weighted by Crippen LogP contribution is 2.33. The molecule has 0 aromatic rings. The first-order valence-corrected chi connectivity index (χ1v) is 8.16. The van der Waals surface area contributed by atoms with Crippen LogP contribution in [-0.2, 0) is 4.79 Å². The molecule has 0 rings (SSSR count). The Hall–Kier alpha value is -0.370. The van der Waals surface area contributed by atoms with Crippen molar-refractivity contribution in [2.75, 3.05) is 0 Å². The molecule has 0 bridgehead atoms. The lowest BCUT2D eigenvalue weighted by atomic mass is 9.76. The molecule has 128 valence electrons. The van der Waals surface area contributed by atoms with E-state index in [-0.39, 0.29) is 24.4 Å². The van der Waals surface area contributed by atoms with Gasteiger partial charge in [0.2, 0.25) is 0 Å². The average molecular weight is 300 g/mol. The number of hydrogen-bond donors (Lipinski definition) is 1. The topological polar surface area (TPSA) is 29.1 Å². The van der Waals surface area contributed by atoms with Gasteiger partial charge >= 0.3 is 0 Å². The van der Waals surface area contributed by atoms with Gasteiger partial charge in [-0.1, -0.05) is 61.8 Å². The van der Waals surface area contributed by atoms with Crippen molar-refractivity contribution in [1.29, 1.82) is 0 Å². The standard InChI is InChI=1S/C18H37NO.CH4/c1-10-18(9,11-2)13-12-14(19-17(6,7)8)15(20)16(3,4)5;/h14,19H,10-13H2,1-9H3;1H4. The van der Waals surface area contributed by atoms with Gasteiger partial charge in [0.25, 0.3) is 0 Å². The highest BCUT2D eigenvalue weighted by Gasteiger charge is 2.33. The average Bonchev–Trinajstić information content (AvgIpc) is 2.30. The Bertz CT molecular complexity index is 303. The van der Waals surface area contributed by atoms with Crippen molar-refractivity contribution >= 4 is 5.78 Å². The Balaban J connectivity index is 0. The molecular formula is C19H41NO. The molecule has 1 unspecified atom stereocenters. The summed E-state index contributed by atoms with van der Waals surface area (Å²) in [6.07, 6.45) is 4.39. The normalized spacial score (nSPS) is 14.5. The van der Waals surface area contributed by atoms with E-state index in [1.807, 2.05) is 20.8 Å². The molecule has 2 nitrogen and oxygen atoms in total. The minimum absolute atomic E-state index is 0. The minimum Gasteiger partial charge on any atom is -0.303 e.